The summed E-state index contributed by atoms with van der Waals surface area (Å²) in [5.41, 5.74) is 5.60. The standard InChI is InChI=1S/C27H26N2O3S/c1-18-8-9-21(16-19(18)2)17-24-25(30)29(15-14-20-6-4-3-5-7-20)27(33-24)28-23-12-10-22(11-13-23)26(31)32/h3-13,16,24H,14-15,17H2,1-2H3,(H,31,32). The number of benzene rings is 3. The van der Waals surface area contributed by atoms with Gasteiger partial charge in [-0.05, 0) is 73.2 Å². The lowest BCUT2D eigenvalue weighted by Gasteiger charge is -2.16. The topological polar surface area (TPSA) is 70.0 Å². The molecule has 1 N–H and O–H groups in total. The van der Waals surface area contributed by atoms with E-state index in [1.807, 2.05) is 18.2 Å². The molecule has 4 rings (SSSR count). The second-order valence-electron chi connectivity index (χ2n) is 8.20. The summed E-state index contributed by atoms with van der Waals surface area (Å²) >= 11 is 1.48. The Kier molecular flexibility index (Phi) is 6.94. The van der Waals surface area contributed by atoms with Crippen molar-refractivity contribution in [2.45, 2.75) is 31.9 Å². The second-order valence-corrected chi connectivity index (χ2v) is 9.37. The zero-order chi connectivity index (χ0) is 23.4. The minimum atomic E-state index is -0.974. The molecule has 1 aliphatic heterocycles. The Bertz CT molecular complexity index is 1190. The van der Waals surface area contributed by atoms with E-state index in [-0.39, 0.29) is 16.7 Å². The predicted molar refractivity (Wildman–Crippen MR) is 133 cm³/mol. The van der Waals surface area contributed by atoms with E-state index in [4.69, 9.17) is 10.1 Å². The van der Waals surface area contributed by atoms with E-state index in [1.165, 1.54) is 35.0 Å². The Labute approximate surface area is 198 Å². The third kappa shape index (κ3) is 5.52. The van der Waals surface area contributed by atoms with Crippen molar-refractivity contribution in [3.05, 3.63) is 101 Å². The normalized spacial score (nSPS) is 17.0. The highest BCUT2D eigenvalue weighted by atomic mass is 32.2. The number of thioether (sulfide) groups is 1. The largest absolute Gasteiger partial charge is 0.478 e. The van der Waals surface area contributed by atoms with E-state index in [9.17, 15) is 9.59 Å². The highest BCUT2D eigenvalue weighted by Gasteiger charge is 2.37. The molecule has 0 radical (unpaired) electrons. The molecule has 0 spiro atoms. The van der Waals surface area contributed by atoms with Gasteiger partial charge in [-0.15, -0.1) is 0 Å². The molecule has 1 unspecified atom stereocenters. The third-order valence-electron chi connectivity index (χ3n) is 5.82. The van der Waals surface area contributed by atoms with Crippen LogP contribution in [-0.4, -0.2) is 38.8 Å². The Morgan fingerprint density at radius 1 is 0.970 bits per heavy atom. The molecule has 0 bridgehead atoms. The molecule has 33 heavy (non-hydrogen) atoms. The summed E-state index contributed by atoms with van der Waals surface area (Å²) in [5.74, 6) is -0.910. The van der Waals surface area contributed by atoms with Gasteiger partial charge >= 0.3 is 5.97 Å². The van der Waals surface area contributed by atoms with Crippen molar-refractivity contribution >= 4 is 34.5 Å². The van der Waals surface area contributed by atoms with E-state index in [2.05, 4.69) is 44.2 Å². The van der Waals surface area contributed by atoms with E-state index in [0.717, 1.165) is 17.5 Å². The van der Waals surface area contributed by atoms with Crippen LogP contribution < -0.4 is 0 Å². The molecule has 1 aliphatic rings. The fourth-order valence-corrected chi connectivity index (χ4v) is 4.97. The van der Waals surface area contributed by atoms with Gasteiger partial charge in [0.05, 0.1) is 16.5 Å². The number of carboxylic acid groups (broad SMARTS) is 1. The van der Waals surface area contributed by atoms with Gasteiger partial charge in [-0.1, -0.05) is 60.3 Å². The van der Waals surface area contributed by atoms with Crippen molar-refractivity contribution in [1.82, 2.24) is 4.90 Å². The number of carbonyl (C=O) groups is 2. The van der Waals surface area contributed by atoms with Crippen LogP contribution in [0.2, 0.25) is 0 Å². The summed E-state index contributed by atoms with van der Waals surface area (Å²) in [6.07, 6.45) is 1.38. The Morgan fingerprint density at radius 3 is 2.36 bits per heavy atom. The zero-order valence-corrected chi connectivity index (χ0v) is 19.5. The van der Waals surface area contributed by atoms with Gasteiger partial charge in [-0.3, -0.25) is 9.69 Å². The van der Waals surface area contributed by atoms with Crippen molar-refractivity contribution in [1.29, 1.82) is 0 Å². The minimum Gasteiger partial charge on any atom is -0.478 e. The van der Waals surface area contributed by atoms with E-state index in [0.29, 0.717) is 23.8 Å². The molecule has 3 aromatic rings. The Balaban J connectivity index is 1.58. The van der Waals surface area contributed by atoms with Gasteiger partial charge in [0.25, 0.3) is 0 Å². The van der Waals surface area contributed by atoms with E-state index in [1.54, 1.807) is 17.0 Å². The predicted octanol–water partition coefficient (Wildman–Crippen LogP) is 5.42. The van der Waals surface area contributed by atoms with Crippen molar-refractivity contribution in [3.63, 3.8) is 0 Å². The smallest absolute Gasteiger partial charge is 0.335 e. The number of hydrogen-bond acceptors (Lipinski definition) is 4. The molecule has 0 aliphatic carbocycles. The first-order chi connectivity index (χ1) is 15.9. The lowest BCUT2D eigenvalue weighted by Crippen LogP contribution is -2.34. The SMILES string of the molecule is Cc1ccc(CC2SC(=Nc3ccc(C(=O)O)cc3)N(CCc3ccccc3)C2=O)cc1C. The Hall–Kier alpha value is -3.38. The number of amides is 1. The molecule has 5 nitrogen and oxygen atoms in total. The van der Waals surface area contributed by atoms with Gasteiger partial charge in [0.15, 0.2) is 5.17 Å². The first-order valence-electron chi connectivity index (χ1n) is 10.9. The van der Waals surface area contributed by atoms with Crippen LogP contribution in [0, 0.1) is 13.8 Å². The summed E-state index contributed by atoms with van der Waals surface area (Å²) in [7, 11) is 0. The minimum absolute atomic E-state index is 0.0649. The van der Waals surface area contributed by atoms with Crippen LogP contribution >= 0.6 is 11.8 Å². The molecule has 168 valence electrons. The van der Waals surface area contributed by atoms with Crippen molar-refractivity contribution in [2.75, 3.05) is 6.54 Å². The van der Waals surface area contributed by atoms with Crippen molar-refractivity contribution in [2.24, 2.45) is 4.99 Å². The van der Waals surface area contributed by atoms with Crippen LogP contribution in [0.3, 0.4) is 0 Å². The molecule has 1 atom stereocenters. The van der Waals surface area contributed by atoms with Gasteiger partial charge < -0.3 is 5.11 Å². The molecule has 1 heterocycles. The van der Waals surface area contributed by atoms with Gasteiger partial charge in [0.1, 0.15) is 0 Å². The molecule has 0 aromatic heterocycles. The Morgan fingerprint density at radius 2 is 1.70 bits per heavy atom. The summed E-state index contributed by atoms with van der Waals surface area (Å²) < 4.78 is 0. The number of carboxylic acids is 1. The summed E-state index contributed by atoms with van der Waals surface area (Å²) in [6, 6.07) is 22.8. The van der Waals surface area contributed by atoms with Crippen LogP contribution in [0.25, 0.3) is 0 Å². The highest BCUT2D eigenvalue weighted by molar-refractivity contribution is 8.15. The number of aryl methyl sites for hydroxylation is 2. The second kappa shape index (κ2) is 10.0. The van der Waals surface area contributed by atoms with Crippen LogP contribution in [0.4, 0.5) is 5.69 Å². The van der Waals surface area contributed by atoms with Crippen LogP contribution in [-0.2, 0) is 17.6 Å². The van der Waals surface area contributed by atoms with Gasteiger partial charge in [-0.25, -0.2) is 9.79 Å². The average Bonchev–Trinajstić information content (AvgIpc) is 3.09. The van der Waals surface area contributed by atoms with Crippen LogP contribution in [0.1, 0.15) is 32.6 Å². The van der Waals surface area contributed by atoms with Gasteiger partial charge in [-0.2, -0.15) is 0 Å². The number of amidine groups is 1. The maximum absolute atomic E-state index is 13.4. The molecule has 1 saturated heterocycles. The number of carbonyl (C=O) groups excluding carboxylic acids is 1. The van der Waals surface area contributed by atoms with Crippen LogP contribution in [0.5, 0.6) is 0 Å². The lowest BCUT2D eigenvalue weighted by atomic mass is 10.0. The quantitative estimate of drug-likeness (QED) is 0.513. The van der Waals surface area contributed by atoms with E-state index >= 15 is 0 Å². The average molecular weight is 459 g/mol. The monoisotopic (exact) mass is 458 g/mol. The van der Waals surface area contributed by atoms with E-state index < -0.39 is 5.97 Å². The summed E-state index contributed by atoms with van der Waals surface area (Å²) in [4.78, 5) is 31.0. The third-order valence-corrected chi connectivity index (χ3v) is 6.99. The molecule has 1 fully saturated rings. The fraction of sp³-hybridized carbons (Fsp3) is 0.222. The number of rotatable bonds is 7. The van der Waals surface area contributed by atoms with Crippen LogP contribution in [0.15, 0.2) is 77.8 Å². The zero-order valence-electron chi connectivity index (χ0n) is 18.7. The fourth-order valence-electron chi connectivity index (χ4n) is 3.75. The number of nitrogens with zero attached hydrogens (tertiary/aromatic N) is 2. The molecule has 1 amide bonds. The van der Waals surface area contributed by atoms with Gasteiger partial charge in [0, 0.05) is 6.54 Å². The van der Waals surface area contributed by atoms with Crippen molar-refractivity contribution in [3.8, 4) is 0 Å². The number of hydrogen-bond donors (Lipinski definition) is 1. The van der Waals surface area contributed by atoms with Crippen molar-refractivity contribution < 1.29 is 14.7 Å². The molecular formula is C27H26N2O3S. The first-order valence-corrected chi connectivity index (χ1v) is 11.8. The lowest BCUT2D eigenvalue weighted by molar-refractivity contribution is -0.126. The first kappa shape index (κ1) is 22.8. The molecule has 6 heteroatoms. The maximum atomic E-state index is 13.4. The molecule has 3 aromatic carbocycles. The maximum Gasteiger partial charge on any atom is 0.335 e. The van der Waals surface area contributed by atoms with Gasteiger partial charge in [0.2, 0.25) is 5.91 Å². The summed E-state index contributed by atoms with van der Waals surface area (Å²) in [6.45, 7) is 4.72. The molecule has 0 saturated carbocycles. The number of aliphatic imine (C=N–C) groups is 1. The highest BCUT2D eigenvalue weighted by Crippen LogP contribution is 2.32. The summed E-state index contributed by atoms with van der Waals surface area (Å²) in [5, 5.41) is 9.56. The number of aromatic carboxylic acids is 1. The molecular weight excluding hydrogens is 432 g/mol.